The fourth-order valence-corrected chi connectivity index (χ4v) is 1.86. The predicted octanol–water partition coefficient (Wildman–Crippen LogP) is 0.0352. The van der Waals surface area contributed by atoms with E-state index in [4.69, 9.17) is 10.5 Å². The molecule has 9 nitrogen and oxygen atoms in total. The number of hydrogen-bond donors (Lipinski definition) is 1. The zero-order valence-corrected chi connectivity index (χ0v) is 11.3. The van der Waals surface area contributed by atoms with Crippen molar-refractivity contribution in [3.05, 3.63) is 55.2 Å². The summed E-state index contributed by atoms with van der Waals surface area (Å²) in [7, 11) is 2.59. The molecule has 0 aliphatic heterocycles. The Morgan fingerprint density at radius 3 is 2.52 bits per heavy atom. The van der Waals surface area contributed by atoms with Gasteiger partial charge in [-0.1, -0.05) is 0 Å². The normalized spacial score (nSPS) is 10.4. The van der Waals surface area contributed by atoms with Gasteiger partial charge in [0.05, 0.1) is 17.7 Å². The standard InChI is InChI=1S/C12H12N4O5/c1-14-11(17)6-10(13)15(12(14)18)7-3-4-9(21-2)8(5-7)16(19)20/h3-6H,13H2,1-2H3. The molecule has 1 aromatic carbocycles. The van der Waals surface area contributed by atoms with Crippen LogP contribution >= 0.6 is 0 Å². The minimum atomic E-state index is -0.695. The number of nitro groups is 1. The van der Waals surface area contributed by atoms with Crippen LogP contribution in [0, 0.1) is 10.1 Å². The zero-order valence-electron chi connectivity index (χ0n) is 11.3. The fourth-order valence-electron chi connectivity index (χ4n) is 1.86. The van der Waals surface area contributed by atoms with Crippen LogP contribution in [0.25, 0.3) is 5.69 Å². The topological polar surface area (TPSA) is 122 Å². The molecule has 2 aromatic rings. The van der Waals surface area contributed by atoms with Crippen molar-refractivity contribution < 1.29 is 9.66 Å². The molecule has 0 bridgehead atoms. The number of nitrogen functional groups attached to an aromatic ring is 1. The molecule has 1 heterocycles. The Hall–Kier alpha value is -3.10. The molecule has 0 atom stereocenters. The van der Waals surface area contributed by atoms with Crippen molar-refractivity contribution in [2.24, 2.45) is 7.05 Å². The Bertz CT molecular complexity index is 837. The van der Waals surface area contributed by atoms with Gasteiger partial charge in [0.25, 0.3) is 5.56 Å². The third-order valence-electron chi connectivity index (χ3n) is 2.96. The maximum atomic E-state index is 12.1. The van der Waals surface area contributed by atoms with Gasteiger partial charge < -0.3 is 10.5 Å². The molecule has 0 aliphatic carbocycles. The first kappa shape index (κ1) is 14.3. The quantitative estimate of drug-likeness (QED) is 0.629. The summed E-state index contributed by atoms with van der Waals surface area (Å²) >= 11 is 0. The highest BCUT2D eigenvalue weighted by atomic mass is 16.6. The molecule has 0 unspecified atom stereocenters. The molecule has 0 saturated carbocycles. The summed E-state index contributed by atoms with van der Waals surface area (Å²) in [5.74, 6) is -0.0530. The van der Waals surface area contributed by atoms with Gasteiger partial charge in [0, 0.05) is 19.2 Å². The number of methoxy groups -OCH3 is 1. The molecule has 9 heteroatoms. The van der Waals surface area contributed by atoms with E-state index in [2.05, 4.69) is 0 Å². The van der Waals surface area contributed by atoms with E-state index in [9.17, 15) is 19.7 Å². The van der Waals surface area contributed by atoms with Crippen molar-refractivity contribution in [3.63, 3.8) is 0 Å². The van der Waals surface area contributed by atoms with Crippen molar-refractivity contribution in [1.29, 1.82) is 0 Å². The maximum absolute atomic E-state index is 12.1. The lowest BCUT2D eigenvalue weighted by Crippen LogP contribution is -2.37. The average molecular weight is 292 g/mol. The summed E-state index contributed by atoms with van der Waals surface area (Å²) in [6.45, 7) is 0. The van der Waals surface area contributed by atoms with Gasteiger partial charge in [-0.15, -0.1) is 0 Å². The van der Waals surface area contributed by atoms with Crippen LogP contribution in [0.1, 0.15) is 0 Å². The highest BCUT2D eigenvalue weighted by Gasteiger charge is 2.18. The number of rotatable bonds is 3. The molecule has 0 fully saturated rings. The SMILES string of the molecule is COc1ccc(-n2c(N)cc(=O)n(C)c2=O)cc1[N+](=O)[O-]. The highest BCUT2D eigenvalue weighted by Crippen LogP contribution is 2.29. The molecule has 0 spiro atoms. The third kappa shape index (κ3) is 2.36. The second kappa shape index (κ2) is 5.12. The van der Waals surface area contributed by atoms with Crippen LogP contribution in [0.15, 0.2) is 33.9 Å². The van der Waals surface area contributed by atoms with Gasteiger partial charge in [-0.25, -0.2) is 9.36 Å². The Kier molecular flexibility index (Phi) is 3.49. The van der Waals surface area contributed by atoms with Crippen molar-refractivity contribution in [3.8, 4) is 11.4 Å². The minimum absolute atomic E-state index is 0.0557. The van der Waals surface area contributed by atoms with Crippen LogP contribution in [0.5, 0.6) is 5.75 Å². The fraction of sp³-hybridized carbons (Fsp3) is 0.167. The predicted molar refractivity (Wildman–Crippen MR) is 74.9 cm³/mol. The second-order valence-electron chi connectivity index (χ2n) is 4.20. The van der Waals surface area contributed by atoms with Crippen molar-refractivity contribution in [1.82, 2.24) is 9.13 Å². The molecule has 2 N–H and O–H groups in total. The number of benzene rings is 1. The van der Waals surface area contributed by atoms with Gasteiger partial charge in [-0.05, 0) is 12.1 Å². The van der Waals surface area contributed by atoms with E-state index in [1.807, 2.05) is 0 Å². The van der Waals surface area contributed by atoms with Crippen LogP contribution < -0.4 is 21.7 Å². The number of nitrogens with two attached hydrogens (primary N) is 1. The number of nitrogens with zero attached hydrogens (tertiary/aromatic N) is 3. The van der Waals surface area contributed by atoms with E-state index in [1.54, 1.807) is 0 Å². The van der Waals surface area contributed by atoms with Crippen LogP contribution in [-0.2, 0) is 7.05 Å². The first-order valence-corrected chi connectivity index (χ1v) is 5.78. The average Bonchev–Trinajstić information content (AvgIpc) is 2.44. The third-order valence-corrected chi connectivity index (χ3v) is 2.96. The van der Waals surface area contributed by atoms with E-state index in [0.717, 1.165) is 21.3 Å². The molecule has 0 amide bonds. The van der Waals surface area contributed by atoms with Gasteiger partial charge >= 0.3 is 11.4 Å². The van der Waals surface area contributed by atoms with Crippen molar-refractivity contribution in [2.45, 2.75) is 0 Å². The van der Waals surface area contributed by atoms with E-state index in [1.165, 1.54) is 26.3 Å². The Balaban J connectivity index is 2.77. The molecule has 2 rings (SSSR count). The lowest BCUT2D eigenvalue weighted by Gasteiger charge is -2.11. The summed E-state index contributed by atoms with van der Waals surface area (Å²) in [6.07, 6.45) is 0. The second-order valence-corrected chi connectivity index (χ2v) is 4.20. The molecule has 110 valence electrons. The molecule has 21 heavy (non-hydrogen) atoms. The molecular formula is C12H12N4O5. The van der Waals surface area contributed by atoms with E-state index in [0.29, 0.717) is 0 Å². The molecule has 0 radical (unpaired) electrons. The summed E-state index contributed by atoms with van der Waals surface area (Å²) in [6, 6.07) is 5.01. The van der Waals surface area contributed by atoms with E-state index in [-0.39, 0.29) is 22.9 Å². The van der Waals surface area contributed by atoms with Crippen LogP contribution in [-0.4, -0.2) is 21.2 Å². The van der Waals surface area contributed by atoms with Gasteiger partial charge in [0.15, 0.2) is 5.75 Å². The summed E-state index contributed by atoms with van der Waals surface area (Å²) in [4.78, 5) is 33.9. The van der Waals surface area contributed by atoms with Crippen LogP contribution in [0.4, 0.5) is 11.5 Å². The monoisotopic (exact) mass is 292 g/mol. The molecular weight excluding hydrogens is 280 g/mol. The summed E-state index contributed by atoms with van der Waals surface area (Å²) in [5.41, 5.74) is 4.27. The first-order chi connectivity index (χ1) is 9.86. The number of nitro benzene ring substituents is 1. The largest absolute Gasteiger partial charge is 0.490 e. The van der Waals surface area contributed by atoms with Gasteiger partial charge in [0.2, 0.25) is 0 Å². The minimum Gasteiger partial charge on any atom is -0.490 e. The zero-order chi connectivity index (χ0) is 15.7. The maximum Gasteiger partial charge on any atom is 0.336 e. The van der Waals surface area contributed by atoms with Crippen molar-refractivity contribution in [2.75, 3.05) is 12.8 Å². The molecule has 0 aliphatic rings. The number of hydrogen-bond acceptors (Lipinski definition) is 6. The number of anilines is 1. The highest BCUT2D eigenvalue weighted by molar-refractivity contribution is 5.55. The number of ether oxygens (including phenoxy) is 1. The first-order valence-electron chi connectivity index (χ1n) is 5.78. The molecule has 0 saturated heterocycles. The number of aromatic nitrogens is 2. The van der Waals surface area contributed by atoms with Gasteiger partial charge in [0.1, 0.15) is 5.82 Å². The Labute approximate surface area is 118 Å². The van der Waals surface area contributed by atoms with Gasteiger partial charge in [-0.3, -0.25) is 19.5 Å². The van der Waals surface area contributed by atoms with Crippen LogP contribution in [0.3, 0.4) is 0 Å². The lowest BCUT2D eigenvalue weighted by atomic mass is 10.2. The Morgan fingerprint density at radius 2 is 1.95 bits per heavy atom. The van der Waals surface area contributed by atoms with Crippen LogP contribution in [0.2, 0.25) is 0 Å². The molecule has 1 aromatic heterocycles. The van der Waals surface area contributed by atoms with E-state index >= 15 is 0 Å². The van der Waals surface area contributed by atoms with Crippen molar-refractivity contribution >= 4 is 11.5 Å². The van der Waals surface area contributed by atoms with Gasteiger partial charge in [-0.2, -0.15) is 0 Å². The Morgan fingerprint density at radius 1 is 1.29 bits per heavy atom. The smallest absolute Gasteiger partial charge is 0.336 e. The van der Waals surface area contributed by atoms with E-state index < -0.39 is 16.2 Å². The summed E-state index contributed by atoms with van der Waals surface area (Å²) in [5, 5.41) is 11.0. The lowest BCUT2D eigenvalue weighted by molar-refractivity contribution is -0.385. The summed E-state index contributed by atoms with van der Waals surface area (Å²) < 4.78 is 6.75.